The van der Waals surface area contributed by atoms with Gasteiger partial charge in [-0.3, -0.25) is 4.79 Å². The van der Waals surface area contributed by atoms with Crippen molar-refractivity contribution in [2.24, 2.45) is 0 Å². The predicted octanol–water partition coefficient (Wildman–Crippen LogP) is 3.51. The molecular formula is C19H24N4O2. The lowest BCUT2D eigenvalue weighted by molar-refractivity contribution is 0.102. The summed E-state index contributed by atoms with van der Waals surface area (Å²) in [5.74, 6) is 1.19. The smallest absolute Gasteiger partial charge is 0.274 e. The summed E-state index contributed by atoms with van der Waals surface area (Å²) in [7, 11) is 0. The molecule has 1 saturated heterocycles. The molecule has 0 saturated carbocycles. The van der Waals surface area contributed by atoms with Crippen molar-refractivity contribution in [3.05, 3.63) is 42.2 Å². The van der Waals surface area contributed by atoms with Crippen LogP contribution in [0.25, 0.3) is 0 Å². The van der Waals surface area contributed by atoms with Crippen molar-refractivity contribution in [3.8, 4) is 5.75 Å². The third-order valence-corrected chi connectivity index (χ3v) is 4.19. The number of hydrogen-bond acceptors (Lipinski definition) is 5. The molecule has 3 rings (SSSR count). The third kappa shape index (κ3) is 4.68. The Labute approximate surface area is 148 Å². The molecule has 6 nitrogen and oxygen atoms in total. The Kier molecular flexibility index (Phi) is 5.82. The fourth-order valence-corrected chi connectivity index (χ4v) is 2.89. The van der Waals surface area contributed by atoms with Crippen LogP contribution in [0.15, 0.2) is 36.5 Å². The van der Waals surface area contributed by atoms with Crippen LogP contribution >= 0.6 is 0 Å². The molecule has 0 atom stereocenters. The largest absolute Gasteiger partial charge is 0.494 e. The van der Waals surface area contributed by atoms with Crippen LogP contribution in [-0.2, 0) is 0 Å². The molecule has 1 N–H and O–H groups in total. The highest BCUT2D eigenvalue weighted by Gasteiger charge is 2.15. The maximum atomic E-state index is 12.5. The molecule has 0 unspecified atom stereocenters. The van der Waals surface area contributed by atoms with E-state index in [0.29, 0.717) is 23.9 Å². The normalized spacial score (nSPS) is 14.7. The van der Waals surface area contributed by atoms with Gasteiger partial charge in [0.05, 0.1) is 6.61 Å². The molecule has 1 aliphatic heterocycles. The highest BCUT2D eigenvalue weighted by Crippen LogP contribution is 2.18. The van der Waals surface area contributed by atoms with E-state index >= 15 is 0 Å². The Morgan fingerprint density at radius 3 is 2.52 bits per heavy atom. The number of ether oxygens (including phenoxy) is 1. The van der Waals surface area contributed by atoms with Crippen LogP contribution < -0.4 is 15.0 Å². The number of rotatable bonds is 5. The van der Waals surface area contributed by atoms with Crippen LogP contribution in [0.1, 0.15) is 43.1 Å². The first-order chi connectivity index (χ1) is 12.3. The minimum atomic E-state index is -0.234. The van der Waals surface area contributed by atoms with E-state index in [-0.39, 0.29) is 5.91 Å². The zero-order chi connectivity index (χ0) is 17.5. The van der Waals surface area contributed by atoms with Crippen LogP contribution in [0.5, 0.6) is 5.75 Å². The molecule has 1 aromatic heterocycles. The molecule has 1 fully saturated rings. The highest BCUT2D eigenvalue weighted by atomic mass is 16.5. The summed E-state index contributed by atoms with van der Waals surface area (Å²) in [6.07, 6.45) is 6.43. The summed E-state index contributed by atoms with van der Waals surface area (Å²) < 4.78 is 5.40. The van der Waals surface area contributed by atoms with Crippen LogP contribution in [-0.4, -0.2) is 35.6 Å². The van der Waals surface area contributed by atoms with Gasteiger partial charge in [-0.1, -0.05) is 12.8 Å². The molecule has 1 aliphatic rings. The van der Waals surface area contributed by atoms with Crippen molar-refractivity contribution >= 4 is 17.5 Å². The zero-order valence-corrected chi connectivity index (χ0v) is 14.6. The topological polar surface area (TPSA) is 67.3 Å². The van der Waals surface area contributed by atoms with Gasteiger partial charge in [0.1, 0.15) is 11.4 Å². The van der Waals surface area contributed by atoms with Crippen molar-refractivity contribution in [1.82, 2.24) is 9.97 Å². The van der Waals surface area contributed by atoms with E-state index in [2.05, 4.69) is 20.2 Å². The van der Waals surface area contributed by atoms with E-state index in [1.807, 2.05) is 31.2 Å². The molecule has 0 radical (unpaired) electrons. The van der Waals surface area contributed by atoms with Crippen LogP contribution in [0.3, 0.4) is 0 Å². The standard InChI is InChI=1S/C19H24N4O2/c1-2-25-16-9-7-15(8-10-16)21-18(24)17-11-12-20-19(22-17)23-13-5-3-4-6-14-23/h7-12H,2-6,13-14H2,1H3,(H,21,24). The predicted molar refractivity (Wildman–Crippen MR) is 98.3 cm³/mol. The van der Waals surface area contributed by atoms with E-state index in [0.717, 1.165) is 31.7 Å². The van der Waals surface area contributed by atoms with Crippen molar-refractivity contribution in [1.29, 1.82) is 0 Å². The van der Waals surface area contributed by atoms with Gasteiger partial charge in [-0.25, -0.2) is 9.97 Å². The van der Waals surface area contributed by atoms with Gasteiger partial charge in [-0.2, -0.15) is 0 Å². The second kappa shape index (κ2) is 8.46. The number of benzene rings is 1. The molecule has 2 aromatic rings. The van der Waals surface area contributed by atoms with E-state index < -0.39 is 0 Å². The quantitative estimate of drug-likeness (QED) is 0.902. The van der Waals surface area contributed by atoms with E-state index in [9.17, 15) is 4.79 Å². The maximum Gasteiger partial charge on any atom is 0.274 e. The third-order valence-electron chi connectivity index (χ3n) is 4.19. The van der Waals surface area contributed by atoms with Gasteiger partial charge in [-0.05, 0) is 50.1 Å². The Morgan fingerprint density at radius 1 is 1.12 bits per heavy atom. The average molecular weight is 340 g/mol. The fourth-order valence-electron chi connectivity index (χ4n) is 2.89. The number of nitrogens with zero attached hydrogens (tertiary/aromatic N) is 3. The molecule has 25 heavy (non-hydrogen) atoms. The van der Waals surface area contributed by atoms with Gasteiger partial charge in [0.15, 0.2) is 0 Å². The van der Waals surface area contributed by atoms with Gasteiger partial charge >= 0.3 is 0 Å². The lowest BCUT2D eigenvalue weighted by Gasteiger charge is -2.20. The molecule has 0 bridgehead atoms. The number of hydrogen-bond donors (Lipinski definition) is 1. The maximum absolute atomic E-state index is 12.5. The fraction of sp³-hybridized carbons (Fsp3) is 0.421. The van der Waals surface area contributed by atoms with E-state index in [4.69, 9.17) is 4.74 Å². The van der Waals surface area contributed by atoms with Gasteiger partial charge < -0.3 is 15.0 Å². The Balaban J connectivity index is 1.68. The SMILES string of the molecule is CCOc1ccc(NC(=O)c2ccnc(N3CCCCCC3)n2)cc1. The number of anilines is 2. The molecule has 0 aliphatic carbocycles. The minimum Gasteiger partial charge on any atom is -0.494 e. The van der Waals surface area contributed by atoms with Gasteiger partial charge in [-0.15, -0.1) is 0 Å². The average Bonchev–Trinajstić information content (AvgIpc) is 2.93. The number of amides is 1. The summed E-state index contributed by atoms with van der Waals surface area (Å²) in [6.45, 7) is 4.45. The number of aromatic nitrogens is 2. The van der Waals surface area contributed by atoms with E-state index in [1.54, 1.807) is 12.3 Å². The summed E-state index contributed by atoms with van der Waals surface area (Å²) in [5.41, 5.74) is 1.09. The van der Waals surface area contributed by atoms with Crippen LogP contribution in [0.4, 0.5) is 11.6 Å². The Morgan fingerprint density at radius 2 is 1.84 bits per heavy atom. The second-order valence-corrected chi connectivity index (χ2v) is 6.05. The first kappa shape index (κ1) is 17.2. The summed E-state index contributed by atoms with van der Waals surface area (Å²) in [6, 6.07) is 8.95. The van der Waals surface area contributed by atoms with Crippen LogP contribution in [0, 0.1) is 0 Å². The zero-order valence-electron chi connectivity index (χ0n) is 14.6. The van der Waals surface area contributed by atoms with Gasteiger partial charge in [0.25, 0.3) is 5.91 Å². The summed E-state index contributed by atoms with van der Waals surface area (Å²) >= 11 is 0. The second-order valence-electron chi connectivity index (χ2n) is 6.05. The van der Waals surface area contributed by atoms with Crippen molar-refractivity contribution in [2.45, 2.75) is 32.6 Å². The first-order valence-corrected chi connectivity index (χ1v) is 8.88. The monoisotopic (exact) mass is 340 g/mol. The molecule has 0 spiro atoms. The van der Waals surface area contributed by atoms with Crippen molar-refractivity contribution in [2.75, 3.05) is 29.9 Å². The molecule has 1 amide bonds. The summed E-state index contributed by atoms with van der Waals surface area (Å²) in [5, 5.41) is 2.87. The number of carbonyl (C=O) groups excluding carboxylic acids is 1. The first-order valence-electron chi connectivity index (χ1n) is 8.88. The lowest BCUT2D eigenvalue weighted by atomic mass is 10.2. The molecule has 2 heterocycles. The van der Waals surface area contributed by atoms with Crippen LogP contribution in [0.2, 0.25) is 0 Å². The van der Waals surface area contributed by atoms with Crippen molar-refractivity contribution in [3.63, 3.8) is 0 Å². The highest BCUT2D eigenvalue weighted by molar-refractivity contribution is 6.03. The molecule has 6 heteroatoms. The molecular weight excluding hydrogens is 316 g/mol. The minimum absolute atomic E-state index is 0.234. The number of carbonyl (C=O) groups is 1. The Hall–Kier alpha value is -2.63. The lowest BCUT2D eigenvalue weighted by Crippen LogP contribution is -2.27. The van der Waals surface area contributed by atoms with Gasteiger partial charge in [0.2, 0.25) is 5.95 Å². The molecule has 132 valence electrons. The van der Waals surface area contributed by atoms with Crippen molar-refractivity contribution < 1.29 is 9.53 Å². The van der Waals surface area contributed by atoms with Gasteiger partial charge in [0, 0.05) is 25.0 Å². The Bertz CT molecular complexity index is 695. The van der Waals surface area contributed by atoms with E-state index in [1.165, 1.54) is 12.8 Å². The number of nitrogens with one attached hydrogen (secondary N) is 1. The molecule has 1 aromatic carbocycles. The summed E-state index contributed by atoms with van der Waals surface area (Å²) in [4.78, 5) is 23.4.